The van der Waals surface area contributed by atoms with Crippen LogP contribution in [0.15, 0.2) is 95.4 Å². The zero-order valence-electron chi connectivity index (χ0n) is 22.1. The van der Waals surface area contributed by atoms with Crippen LogP contribution in [0.2, 0.25) is 0 Å². The molecule has 0 aliphatic heterocycles. The van der Waals surface area contributed by atoms with E-state index in [1.165, 1.54) is 11.8 Å². The van der Waals surface area contributed by atoms with E-state index in [0.29, 0.717) is 5.75 Å². The predicted octanol–water partition coefficient (Wildman–Crippen LogP) is 8.20. The van der Waals surface area contributed by atoms with Gasteiger partial charge >= 0.3 is 11.9 Å². The number of aliphatic carboxylic acids is 1. The third kappa shape index (κ3) is 5.86. The molecular weight excluding hydrogens is 508 g/mol. The van der Waals surface area contributed by atoms with Gasteiger partial charge in [0, 0.05) is 27.8 Å². The molecule has 0 saturated carbocycles. The smallest absolute Gasteiger partial charge is 0.321 e. The van der Waals surface area contributed by atoms with Crippen LogP contribution in [0.3, 0.4) is 0 Å². The Labute approximate surface area is 231 Å². The number of carboxylic acids is 1. The fraction of sp³-hybridized carbons (Fsp3) is 0.212. The molecule has 1 atom stereocenters. The monoisotopic (exact) mass is 538 g/mol. The summed E-state index contributed by atoms with van der Waals surface area (Å²) in [4.78, 5) is 24.1. The fourth-order valence-electron chi connectivity index (χ4n) is 4.63. The molecule has 0 amide bonds. The van der Waals surface area contributed by atoms with Gasteiger partial charge in [0.2, 0.25) is 0 Å². The summed E-state index contributed by atoms with van der Waals surface area (Å²) in [5.41, 5.74) is 6.34. The van der Waals surface area contributed by atoms with Gasteiger partial charge in [0.25, 0.3) is 0 Å². The van der Waals surface area contributed by atoms with Crippen molar-refractivity contribution in [2.24, 2.45) is 5.92 Å². The molecule has 0 spiro atoms. The lowest BCUT2D eigenvalue weighted by Gasteiger charge is -2.22. The first-order valence-electron chi connectivity index (χ1n) is 12.8. The van der Waals surface area contributed by atoms with Crippen LogP contribution in [-0.2, 0) is 20.1 Å². The van der Waals surface area contributed by atoms with E-state index in [4.69, 9.17) is 9.15 Å². The number of para-hydroxylation sites is 2. The van der Waals surface area contributed by atoms with Crippen LogP contribution in [0.5, 0.6) is 0 Å². The predicted molar refractivity (Wildman–Crippen MR) is 158 cm³/mol. The van der Waals surface area contributed by atoms with Crippen molar-refractivity contribution < 1.29 is 23.8 Å². The van der Waals surface area contributed by atoms with Crippen molar-refractivity contribution in [2.45, 2.75) is 32.1 Å². The van der Waals surface area contributed by atoms with E-state index >= 15 is 0 Å². The van der Waals surface area contributed by atoms with Crippen molar-refractivity contribution in [3.8, 4) is 22.3 Å². The number of carbonyl (C=O) groups is 2. The number of hydrogen-bond donors (Lipinski definition) is 1. The SMILES string of the molecule is CC(C)(C)OC(=O)[C@H](CSCc1ccccc1-c1ccc(-c2cccc3c2oc2ccccc23)cc1)C(=O)O. The van der Waals surface area contributed by atoms with Crippen molar-refractivity contribution in [1.82, 2.24) is 0 Å². The third-order valence-corrected chi connectivity index (χ3v) is 7.54. The van der Waals surface area contributed by atoms with Gasteiger partial charge in [0.15, 0.2) is 5.92 Å². The Bertz CT molecular complexity index is 1640. The van der Waals surface area contributed by atoms with Gasteiger partial charge in [-0.05, 0) is 49.1 Å². The van der Waals surface area contributed by atoms with Gasteiger partial charge in [-0.25, -0.2) is 0 Å². The van der Waals surface area contributed by atoms with Gasteiger partial charge in [0.05, 0.1) is 0 Å². The van der Waals surface area contributed by atoms with E-state index in [0.717, 1.165) is 49.8 Å². The Hall–Kier alpha value is -4.03. The molecule has 39 heavy (non-hydrogen) atoms. The number of fused-ring (bicyclic) bond motifs is 3. The summed E-state index contributed by atoms with van der Waals surface area (Å²) < 4.78 is 11.5. The Balaban J connectivity index is 1.35. The average Bonchev–Trinajstić information content (AvgIpc) is 3.29. The zero-order valence-corrected chi connectivity index (χ0v) is 23.0. The van der Waals surface area contributed by atoms with Gasteiger partial charge in [-0.2, -0.15) is 11.8 Å². The van der Waals surface area contributed by atoms with Gasteiger partial charge in [-0.3, -0.25) is 9.59 Å². The number of carbonyl (C=O) groups excluding carboxylic acids is 1. The molecule has 0 saturated heterocycles. The summed E-state index contributed by atoms with van der Waals surface area (Å²) in [6.45, 7) is 5.20. The van der Waals surface area contributed by atoms with Crippen LogP contribution in [0, 0.1) is 5.92 Å². The number of ether oxygens (including phenoxy) is 1. The molecular formula is C33H30O5S. The van der Waals surface area contributed by atoms with E-state index in [1.807, 2.05) is 36.4 Å². The molecule has 6 heteroatoms. The molecule has 198 valence electrons. The number of thioether (sulfide) groups is 1. The van der Waals surface area contributed by atoms with E-state index in [1.54, 1.807) is 20.8 Å². The Morgan fingerprint density at radius 3 is 2.15 bits per heavy atom. The second-order valence-electron chi connectivity index (χ2n) is 10.5. The molecule has 0 radical (unpaired) electrons. The summed E-state index contributed by atoms with van der Waals surface area (Å²) in [5.74, 6) is -2.37. The highest BCUT2D eigenvalue weighted by Crippen LogP contribution is 2.37. The summed E-state index contributed by atoms with van der Waals surface area (Å²) in [6, 6.07) is 30.8. The van der Waals surface area contributed by atoms with Crippen LogP contribution >= 0.6 is 11.8 Å². The average molecular weight is 539 g/mol. The quantitative estimate of drug-likeness (QED) is 0.158. The molecule has 0 fully saturated rings. The summed E-state index contributed by atoms with van der Waals surface area (Å²) in [6.07, 6.45) is 0. The Morgan fingerprint density at radius 1 is 0.821 bits per heavy atom. The van der Waals surface area contributed by atoms with Crippen LogP contribution in [0.4, 0.5) is 0 Å². The van der Waals surface area contributed by atoms with E-state index in [-0.39, 0.29) is 5.75 Å². The van der Waals surface area contributed by atoms with Crippen molar-refractivity contribution in [2.75, 3.05) is 5.75 Å². The minimum atomic E-state index is -1.21. The first-order chi connectivity index (χ1) is 18.7. The maximum absolute atomic E-state index is 12.4. The molecule has 4 aromatic carbocycles. The van der Waals surface area contributed by atoms with E-state index < -0.39 is 23.5 Å². The lowest BCUT2D eigenvalue weighted by molar-refractivity contribution is -0.165. The first-order valence-corrected chi connectivity index (χ1v) is 14.0. The Morgan fingerprint density at radius 2 is 1.44 bits per heavy atom. The van der Waals surface area contributed by atoms with Gasteiger partial charge in [-0.15, -0.1) is 0 Å². The second-order valence-corrected chi connectivity index (χ2v) is 11.5. The van der Waals surface area contributed by atoms with E-state index in [9.17, 15) is 14.7 Å². The lowest BCUT2D eigenvalue weighted by atomic mass is 9.97. The second kappa shape index (κ2) is 11.0. The molecule has 5 aromatic rings. The molecule has 5 rings (SSSR count). The van der Waals surface area contributed by atoms with Crippen LogP contribution < -0.4 is 0 Å². The van der Waals surface area contributed by atoms with Gasteiger partial charge in [-0.1, -0.05) is 84.9 Å². The van der Waals surface area contributed by atoms with Crippen LogP contribution in [0.1, 0.15) is 26.3 Å². The minimum absolute atomic E-state index is 0.138. The minimum Gasteiger partial charge on any atom is -0.481 e. The molecule has 1 N–H and O–H groups in total. The van der Waals surface area contributed by atoms with Gasteiger partial charge in [0.1, 0.15) is 16.8 Å². The van der Waals surface area contributed by atoms with Crippen molar-refractivity contribution >= 4 is 45.6 Å². The fourth-order valence-corrected chi connectivity index (χ4v) is 5.74. The molecule has 0 bridgehead atoms. The maximum atomic E-state index is 12.4. The summed E-state index contributed by atoms with van der Waals surface area (Å²) >= 11 is 1.42. The number of rotatable bonds is 8. The molecule has 5 nitrogen and oxygen atoms in total. The van der Waals surface area contributed by atoms with Crippen molar-refractivity contribution in [3.05, 3.63) is 96.6 Å². The topological polar surface area (TPSA) is 76.7 Å². The highest BCUT2D eigenvalue weighted by atomic mass is 32.2. The number of furan rings is 1. The number of esters is 1. The molecule has 1 heterocycles. The molecule has 1 aromatic heterocycles. The number of carboxylic acid groups (broad SMARTS) is 1. The zero-order chi connectivity index (χ0) is 27.6. The summed E-state index contributed by atoms with van der Waals surface area (Å²) in [7, 11) is 0. The molecule has 0 aliphatic rings. The largest absolute Gasteiger partial charge is 0.481 e. The highest BCUT2D eigenvalue weighted by Gasteiger charge is 2.31. The summed E-state index contributed by atoms with van der Waals surface area (Å²) in [5, 5.41) is 11.8. The number of benzene rings is 4. The van der Waals surface area contributed by atoms with Crippen LogP contribution in [0.25, 0.3) is 44.2 Å². The Kier molecular flexibility index (Phi) is 7.49. The van der Waals surface area contributed by atoms with Crippen molar-refractivity contribution in [3.63, 3.8) is 0 Å². The normalized spacial score (nSPS) is 12.5. The molecule has 0 unspecified atom stereocenters. The van der Waals surface area contributed by atoms with Gasteiger partial charge < -0.3 is 14.3 Å². The third-order valence-electron chi connectivity index (χ3n) is 6.46. The lowest BCUT2D eigenvalue weighted by Crippen LogP contribution is -2.34. The highest BCUT2D eigenvalue weighted by molar-refractivity contribution is 7.98. The first kappa shape index (κ1) is 26.6. The molecule has 0 aliphatic carbocycles. The van der Waals surface area contributed by atoms with E-state index in [2.05, 4.69) is 54.6 Å². The van der Waals surface area contributed by atoms with Crippen LogP contribution in [-0.4, -0.2) is 28.4 Å². The number of hydrogen-bond acceptors (Lipinski definition) is 5. The van der Waals surface area contributed by atoms with Crippen molar-refractivity contribution in [1.29, 1.82) is 0 Å². The maximum Gasteiger partial charge on any atom is 0.321 e. The standard InChI is InChI=1S/C33H30O5S/c1-33(2,3)38-32(36)28(31(34)35)20-39-19-23-9-4-5-10-24(23)21-15-17-22(18-16-21)25-12-8-13-27-26-11-6-7-14-29(26)37-30(25)27/h4-18,28H,19-20H2,1-3H3,(H,34,35)/t28-/m1/s1.